The van der Waals surface area contributed by atoms with Gasteiger partial charge in [0.15, 0.2) is 0 Å². The van der Waals surface area contributed by atoms with E-state index in [1.54, 1.807) is 11.9 Å². The van der Waals surface area contributed by atoms with E-state index in [0.29, 0.717) is 24.5 Å². The summed E-state index contributed by atoms with van der Waals surface area (Å²) in [7, 11) is 1.81. The molecule has 1 heterocycles. The molecule has 0 saturated heterocycles. The number of carbonyl (C=O) groups is 1. The molecule has 1 aromatic carbocycles. The predicted molar refractivity (Wildman–Crippen MR) is 90.8 cm³/mol. The van der Waals surface area contributed by atoms with E-state index in [1.807, 2.05) is 0 Å². The van der Waals surface area contributed by atoms with Crippen LogP contribution in [0.1, 0.15) is 24.0 Å². The average Bonchev–Trinajstić information content (AvgIpc) is 2.44. The minimum atomic E-state index is 0.111. The number of thiocarbonyl (C=S) groups is 1. The fourth-order valence-electron chi connectivity index (χ4n) is 2.65. The van der Waals surface area contributed by atoms with Crippen molar-refractivity contribution >= 4 is 28.8 Å². The zero-order chi connectivity index (χ0) is 15.4. The first kappa shape index (κ1) is 15.8. The number of likely N-dealkylation sites (N-methyl/N-ethyl adjacent to an activating group) is 1. The van der Waals surface area contributed by atoms with Gasteiger partial charge in [0.25, 0.3) is 0 Å². The second-order valence-corrected chi connectivity index (χ2v) is 6.21. The van der Waals surface area contributed by atoms with Gasteiger partial charge in [0, 0.05) is 32.2 Å². The Morgan fingerprint density at radius 3 is 2.95 bits per heavy atom. The van der Waals surface area contributed by atoms with Gasteiger partial charge in [-0.3, -0.25) is 4.79 Å². The Morgan fingerprint density at radius 2 is 2.24 bits per heavy atom. The van der Waals surface area contributed by atoms with E-state index in [9.17, 15) is 4.79 Å². The van der Waals surface area contributed by atoms with Crippen molar-refractivity contribution in [3.8, 4) is 0 Å². The fourth-order valence-corrected chi connectivity index (χ4v) is 2.75. The lowest BCUT2D eigenvalue weighted by molar-refractivity contribution is -0.128. The van der Waals surface area contributed by atoms with Crippen LogP contribution >= 0.6 is 12.2 Å². The van der Waals surface area contributed by atoms with Crippen molar-refractivity contribution in [2.24, 2.45) is 5.73 Å². The van der Waals surface area contributed by atoms with Crippen LogP contribution in [0.3, 0.4) is 0 Å². The van der Waals surface area contributed by atoms with Gasteiger partial charge in [-0.2, -0.15) is 0 Å². The number of nitrogens with two attached hydrogens (primary N) is 1. The van der Waals surface area contributed by atoms with Crippen LogP contribution in [0.15, 0.2) is 18.2 Å². The van der Waals surface area contributed by atoms with Gasteiger partial charge >= 0.3 is 0 Å². The number of nitrogens with zero attached hydrogens (tertiary/aromatic N) is 2. The molecule has 5 heteroatoms. The summed E-state index contributed by atoms with van der Waals surface area (Å²) in [6.45, 7) is 4.05. The van der Waals surface area contributed by atoms with Crippen LogP contribution in [0.2, 0.25) is 0 Å². The van der Waals surface area contributed by atoms with Crippen molar-refractivity contribution in [1.29, 1.82) is 0 Å². The largest absolute Gasteiger partial charge is 0.393 e. The lowest BCUT2D eigenvalue weighted by Crippen LogP contribution is -2.41. The Morgan fingerprint density at radius 1 is 1.48 bits per heavy atom. The molecule has 0 aromatic heterocycles. The Balaban J connectivity index is 2.01. The highest BCUT2D eigenvalue weighted by Gasteiger charge is 2.20. The summed E-state index contributed by atoms with van der Waals surface area (Å²) in [6.07, 6.45) is 2.77. The third-order valence-corrected chi connectivity index (χ3v) is 4.10. The molecule has 1 amide bonds. The minimum absolute atomic E-state index is 0.111. The number of fused-ring (bicyclic) bond motifs is 1. The number of hydrogen-bond donors (Lipinski definition) is 1. The van der Waals surface area contributed by atoms with Crippen molar-refractivity contribution in [1.82, 2.24) is 4.90 Å². The monoisotopic (exact) mass is 305 g/mol. The summed E-state index contributed by atoms with van der Waals surface area (Å²) < 4.78 is 0. The first-order valence-electron chi connectivity index (χ1n) is 7.34. The molecule has 0 radical (unpaired) electrons. The van der Waals surface area contributed by atoms with Crippen LogP contribution < -0.4 is 10.6 Å². The van der Waals surface area contributed by atoms with Gasteiger partial charge in [-0.1, -0.05) is 29.9 Å². The van der Waals surface area contributed by atoms with E-state index >= 15 is 0 Å². The number of aryl methyl sites for hydroxylation is 2. The number of hydrogen-bond acceptors (Lipinski definition) is 3. The molecule has 1 aliphatic rings. The van der Waals surface area contributed by atoms with E-state index in [-0.39, 0.29) is 5.91 Å². The summed E-state index contributed by atoms with van der Waals surface area (Å²) in [5.41, 5.74) is 9.30. The molecule has 2 rings (SSSR count). The lowest BCUT2D eigenvalue weighted by atomic mass is 9.99. The smallest absolute Gasteiger partial charge is 0.241 e. The third-order valence-electron chi connectivity index (χ3n) is 3.90. The number of amides is 1. The molecule has 0 spiro atoms. The molecule has 1 aromatic rings. The van der Waals surface area contributed by atoms with Crippen LogP contribution in [0.25, 0.3) is 0 Å². The molecule has 0 fully saturated rings. The minimum Gasteiger partial charge on any atom is -0.393 e. The second kappa shape index (κ2) is 6.89. The summed E-state index contributed by atoms with van der Waals surface area (Å²) in [4.78, 5) is 16.6. The van der Waals surface area contributed by atoms with Crippen LogP contribution in [0.5, 0.6) is 0 Å². The van der Waals surface area contributed by atoms with Crippen molar-refractivity contribution in [2.75, 3.05) is 31.6 Å². The Kier molecular flexibility index (Phi) is 5.17. The summed E-state index contributed by atoms with van der Waals surface area (Å²) in [5.74, 6) is 0.111. The van der Waals surface area contributed by atoms with Crippen molar-refractivity contribution < 1.29 is 4.79 Å². The normalized spacial score (nSPS) is 13.7. The first-order valence-corrected chi connectivity index (χ1v) is 7.75. The zero-order valence-corrected chi connectivity index (χ0v) is 13.6. The lowest BCUT2D eigenvalue weighted by Gasteiger charge is -2.32. The molecule has 4 nitrogen and oxygen atoms in total. The van der Waals surface area contributed by atoms with Gasteiger partial charge in [0.05, 0.1) is 11.5 Å². The van der Waals surface area contributed by atoms with E-state index in [0.717, 1.165) is 19.4 Å². The molecule has 0 atom stereocenters. The molecule has 114 valence electrons. The summed E-state index contributed by atoms with van der Waals surface area (Å²) >= 11 is 4.86. The zero-order valence-electron chi connectivity index (χ0n) is 12.8. The molecule has 0 aliphatic carbocycles. The van der Waals surface area contributed by atoms with Crippen LogP contribution in [-0.2, 0) is 11.2 Å². The highest BCUT2D eigenvalue weighted by atomic mass is 32.1. The number of anilines is 1. The molecule has 0 unspecified atom stereocenters. The van der Waals surface area contributed by atoms with Crippen LogP contribution in [0.4, 0.5) is 5.69 Å². The van der Waals surface area contributed by atoms with Gasteiger partial charge in [-0.25, -0.2) is 0 Å². The summed E-state index contributed by atoms with van der Waals surface area (Å²) in [6, 6.07) is 6.47. The van der Waals surface area contributed by atoms with E-state index in [2.05, 4.69) is 30.0 Å². The summed E-state index contributed by atoms with van der Waals surface area (Å²) in [5, 5.41) is 0. The van der Waals surface area contributed by atoms with Gasteiger partial charge in [-0.15, -0.1) is 0 Å². The Bertz CT molecular complexity index is 544. The van der Waals surface area contributed by atoms with Crippen molar-refractivity contribution in [3.63, 3.8) is 0 Å². The third kappa shape index (κ3) is 4.17. The van der Waals surface area contributed by atoms with E-state index in [1.165, 1.54) is 16.8 Å². The second-order valence-electron chi connectivity index (χ2n) is 5.69. The number of benzene rings is 1. The first-order chi connectivity index (χ1) is 9.97. The molecular weight excluding hydrogens is 282 g/mol. The van der Waals surface area contributed by atoms with Crippen molar-refractivity contribution in [3.05, 3.63) is 29.3 Å². The molecule has 1 aliphatic heterocycles. The highest BCUT2D eigenvalue weighted by molar-refractivity contribution is 7.80. The van der Waals surface area contributed by atoms with Crippen LogP contribution in [-0.4, -0.2) is 42.5 Å². The Hall–Kier alpha value is -1.62. The maximum Gasteiger partial charge on any atom is 0.241 e. The number of rotatable bonds is 5. The Labute approximate surface area is 131 Å². The quantitative estimate of drug-likeness (QED) is 0.844. The fraction of sp³-hybridized carbons (Fsp3) is 0.500. The molecule has 21 heavy (non-hydrogen) atoms. The van der Waals surface area contributed by atoms with Gasteiger partial charge < -0.3 is 15.5 Å². The highest BCUT2D eigenvalue weighted by Crippen LogP contribution is 2.27. The topological polar surface area (TPSA) is 49.6 Å². The van der Waals surface area contributed by atoms with E-state index < -0.39 is 0 Å². The molecule has 0 saturated carbocycles. The number of carbonyl (C=O) groups excluding carboxylic acids is 1. The average molecular weight is 305 g/mol. The SMILES string of the molecule is Cc1ccc2c(c1)CCCN2CC(=O)N(C)CCC(N)=S. The molecule has 2 N–H and O–H groups in total. The van der Waals surface area contributed by atoms with E-state index in [4.69, 9.17) is 18.0 Å². The van der Waals surface area contributed by atoms with Gasteiger partial charge in [0.1, 0.15) is 0 Å². The van der Waals surface area contributed by atoms with Gasteiger partial charge in [-0.05, 0) is 31.4 Å². The van der Waals surface area contributed by atoms with Gasteiger partial charge in [0.2, 0.25) is 5.91 Å². The molecule has 0 bridgehead atoms. The standard InChI is InChI=1S/C16H23N3OS/c1-12-5-6-14-13(10-12)4-3-8-19(14)11-16(20)18(2)9-7-15(17)21/h5-6,10H,3-4,7-9,11H2,1-2H3,(H2,17,21). The molecular formula is C16H23N3OS. The van der Waals surface area contributed by atoms with Crippen molar-refractivity contribution in [2.45, 2.75) is 26.2 Å². The maximum atomic E-state index is 12.3. The maximum absolute atomic E-state index is 12.3. The predicted octanol–water partition coefficient (Wildman–Crippen LogP) is 1.88. The van der Waals surface area contributed by atoms with Crippen LogP contribution in [0, 0.1) is 6.92 Å².